The maximum Gasteiger partial charge on any atom is 3.00 e. The average molecular weight is 353 g/mol. The monoisotopic (exact) mass is 353 g/mol. The van der Waals surface area contributed by atoms with Crippen LogP contribution in [0.1, 0.15) is 40.3 Å². The molecule has 0 unspecified atom stereocenters. The van der Waals surface area contributed by atoms with Gasteiger partial charge in [0.2, 0.25) is 0 Å². The molecule has 0 saturated heterocycles. The molecular formula is C23H29Ti. The maximum atomic E-state index is 3.01. The van der Waals surface area contributed by atoms with Gasteiger partial charge in [-0.1, -0.05) is 48.0 Å². The van der Waals surface area contributed by atoms with E-state index in [0.717, 1.165) is 6.42 Å². The Labute approximate surface area is 163 Å². The third-order valence-corrected chi connectivity index (χ3v) is 4.55. The van der Waals surface area contributed by atoms with Crippen molar-refractivity contribution in [3.63, 3.8) is 0 Å². The van der Waals surface area contributed by atoms with Crippen LogP contribution in [0.25, 0.3) is 0 Å². The Morgan fingerprint density at radius 1 is 0.958 bits per heavy atom. The Kier molecular flexibility index (Phi) is 11.4. The van der Waals surface area contributed by atoms with Crippen molar-refractivity contribution in [1.82, 2.24) is 0 Å². The summed E-state index contributed by atoms with van der Waals surface area (Å²) >= 11 is 0. The molecule has 3 rings (SSSR count). The van der Waals surface area contributed by atoms with Gasteiger partial charge >= 0.3 is 21.7 Å². The molecule has 0 bridgehead atoms. The zero-order valence-electron chi connectivity index (χ0n) is 15.9. The minimum Gasteiger partial charge on any atom is -0.214 e. The van der Waals surface area contributed by atoms with E-state index >= 15 is 0 Å². The number of hydrogen-bond donors (Lipinski definition) is 0. The van der Waals surface area contributed by atoms with Gasteiger partial charge in [0.05, 0.1) is 0 Å². The zero-order chi connectivity index (χ0) is 17.2. The summed E-state index contributed by atoms with van der Waals surface area (Å²) in [5.74, 6) is 0. The second kappa shape index (κ2) is 12.1. The molecule has 0 aromatic heterocycles. The van der Waals surface area contributed by atoms with Crippen LogP contribution in [0.4, 0.5) is 0 Å². The van der Waals surface area contributed by atoms with Crippen LogP contribution < -0.4 is 0 Å². The van der Waals surface area contributed by atoms with Gasteiger partial charge in [-0.25, -0.2) is 12.1 Å². The van der Waals surface area contributed by atoms with E-state index in [-0.39, 0.29) is 21.7 Å². The van der Waals surface area contributed by atoms with Crippen LogP contribution in [0.3, 0.4) is 0 Å². The summed E-state index contributed by atoms with van der Waals surface area (Å²) in [5.41, 5.74) is 8.69. The van der Waals surface area contributed by atoms with Crippen molar-refractivity contribution in [2.45, 2.75) is 48.0 Å². The smallest absolute Gasteiger partial charge is 0.214 e. The molecule has 3 aromatic rings. The first kappa shape index (κ1) is 22.6. The summed E-state index contributed by atoms with van der Waals surface area (Å²) < 4.78 is 0. The Balaban J connectivity index is 0.000000340. The van der Waals surface area contributed by atoms with E-state index in [0.29, 0.717) is 0 Å². The van der Waals surface area contributed by atoms with Crippen LogP contribution in [-0.4, -0.2) is 0 Å². The van der Waals surface area contributed by atoms with Gasteiger partial charge in [-0.05, 0) is 0 Å². The number of rotatable bonds is 1. The van der Waals surface area contributed by atoms with Gasteiger partial charge in [-0.3, -0.25) is 0 Å². The van der Waals surface area contributed by atoms with Gasteiger partial charge in [0.25, 0.3) is 0 Å². The molecule has 0 fully saturated rings. The van der Waals surface area contributed by atoms with Crippen LogP contribution in [0.15, 0.2) is 54.6 Å². The second-order valence-electron chi connectivity index (χ2n) is 5.85. The van der Waals surface area contributed by atoms with Gasteiger partial charge in [0.1, 0.15) is 0 Å². The fourth-order valence-corrected chi connectivity index (χ4v) is 2.38. The van der Waals surface area contributed by atoms with Crippen LogP contribution in [0.5, 0.6) is 0 Å². The van der Waals surface area contributed by atoms with Gasteiger partial charge in [-0.15, -0.1) is 0 Å². The standard InChI is InChI=1S/C10H15.C8H9.C5H5.Ti/c1-6-7(2)9(4)10(5)8(6)3;1-2-8-6-4-3-5-7-8;1-2-4-5-3-1;/h1-5H3;3-4,6-7H,2H2,1H3;1-5H;/q3*-1;+3. The molecule has 0 saturated carbocycles. The maximum absolute atomic E-state index is 3.01. The van der Waals surface area contributed by atoms with Crippen LogP contribution >= 0.6 is 0 Å². The number of aryl methyl sites for hydroxylation is 1. The topological polar surface area (TPSA) is 0 Å². The first-order valence-electron chi connectivity index (χ1n) is 8.30. The van der Waals surface area contributed by atoms with Crippen molar-refractivity contribution < 1.29 is 21.7 Å². The van der Waals surface area contributed by atoms with Gasteiger partial charge in [0.15, 0.2) is 0 Å². The van der Waals surface area contributed by atoms with E-state index < -0.39 is 0 Å². The molecule has 0 nitrogen and oxygen atoms in total. The molecule has 0 N–H and O–H groups in total. The predicted molar refractivity (Wildman–Crippen MR) is 102 cm³/mol. The molecule has 0 aliphatic carbocycles. The molecule has 3 aromatic carbocycles. The Bertz CT molecular complexity index is 560. The molecule has 0 atom stereocenters. The predicted octanol–water partition coefficient (Wildman–Crippen LogP) is 6.40. The molecule has 24 heavy (non-hydrogen) atoms. The van der Waals surface area contributed by atoms with Crippen LogP contribution in [0.2, 0.25) is 0 Å². The van der Waals surface area contributed by atoms with Crippen molar-refractivity contribution in [2.24, 2.45) is 0 Å². The first-order valence-corrected chi connectivity index (χ1v) is 8.30. The van der Waals surface area contributed by atoms with E-state index in [2.05, 4.69) is 53.7 Å². The molecule has 0 aliphatic rings. The molecular weight excluding hydrogens is 324 g/mol. The summed E-state index contributed by atoms with van der Waals surface area (Å²) in [6.07, 6.45) is 1.11. The molecule has 0 amide bonds. The summed E-state index contributed by atoms with van der Waals surface area (Å²) in [4.78, 5) is 0. The second-order valence-corrected chi connectivity index (χ2v) is 5.85. The molecule has 125 valence electrons. The molecule has 0 heterocycles. The molecule has 1 radical (unpaired) electrons. The Hall–Kier alpha value is -1.37. The van der Waals surface area contributed by atoms with Gasteiger partial charge in [0, 0.05) is 0 Å². The summed E-state index contributed by atoms with van der Waals surface area (Å²) in [5, 5.41) is 0. The van der Waals surface area contributed by atoms with Crippen molar-refractivity contribution in [3.05, 3.63) is 94.0 Å². The fourth-order valence-electron chi connectivity index (χ4n) is 2.38. The third-order valence-electron chi connectivity index (χ3n) is 4.55. The minimum absolute atomic E-state index is 0. The summed E-state index contributed by atoms with van der Waals surface area (Å²) in [6, 6.07) is 21.1. The zero-order valence-corrected chi connectivity index (χ0v) is 17.5. The van der Waals surface area contributed by atoms with Crippen molar-refractivity contribution >= 4 is 0 Å². The SMILES string of the molecule is CCc1c[c-]ccc1.Cc1c(C)c(C)[c-](C)c1C.[Ti+3].c1cc[cH-]c1. The largest absolute Gasteiger partial charge is 3.00 e. The van der Waals surface area contributed by atoms with Gasteiger partial charge in [-0.2, -0.15) is 81.9 Å². The normalized spacial score (nSPS) is 9.08. The number of hydrogen-bond acceptors (Lipinski definition) is 0. The van der Waals surface area contributed by atoms with Crippen molar-refractivity contribution in [2.75, 3.05) is 0 Å². The van der Waals surface area contributed by atoms with Crippen molar-refractivity contribution in [1.29, 1.82) is 0 Å². The first-order chi connectivity index (χ1) is 11.0. The van der Waals surface area contributed by atoms with Crippen LogP contribution in [-0.2, 0) is 28.1 Å². The third kappa shape index (κ3) is 7.03. The van der Waals surface area contributed by atoms with E-state index in [1.165, 1.54) is 33.4 Å². The number of benzene rings is 1. The molecule has 1 heteroatoms. The van der Waals surface area contributed by atoms with E-state index in [9.17, 15) is 0 Å². The van der Waals surface area contributed by atoms with Crippen LogP contribution in [0, 0.1) is 40.7 Å². The Morgan fingerprint density at radius 2 is 1.50 bits per heavy atom. The average Bonchev–Trinajstić information content (AvgIpc) is 3.23. The van der Waals surface area contributed by atoms with E-state index in [1.54, 1.807) is 0 Å². The molecule has 0 aliphatic heterocycles. The Morgan fingerprint density at radius 3 is 1.71 bits per heavy atom. The molecule has 0 spiro atoms. The van der Waals surface area contributed by atoms with Gasteiger partial charge < -0.3 is 0 Å². The summed E-state index contributed by atoms with van der Waals surface area (Å²) in [7, 11) is 0. The quantitative estimate of drug-likeness (QED) is 0.351. The van der Waals surface area contributed by atoms with E-state index in [1.807, 2.05) is 48.5 Å². The fraction of sp³-hybridized carbons (Fsp3) is 0.304. The van der Waals surface area contributed by atoms with Crippen molar-refractivity contribution in [3.8, 4) is 0 Å². The van der Waals surface area contributed by atoms with E-state index in [4.69, 9.17) is 0 Å². The minimum atomic E-state index is 0. The summed E-state index contributed by atoms with van der Waals surface area (Å²) in [6.45, 7) is 13.1.